The molecule has 0 unspecified atom stereocenters. The van der Waals surface area contributed by atoms with Crippen LogP contribution in [0.25, 0.3) is 10.8 Å². The second-order valence-corrected chi connectivity index (χ2v) is 6.39. The maximum absolute atomic E-state index is 13.2. The van der Waals surface area contributed by atoms with Gasteiger partial charge < -0.3 is 0 Å². The summed E-state index contributed by atoms with van der Waals surface area (Å²) in [5.41, 5.74) is 3.14. The van der Waals surface area contributed by atoms with Gasteiger partial charge in [0.2, 0.25) is 0 Å². The maximum atomic E-state index is 13.2. The zero-order chi connectivity index (χ0) is 17.4. The molecule has 122 valence electrons. The molecule has 0 aliphatic heterocycles. The number of fused-ring (bicyclic) bond motifs is 4. The third-order valence-corrected chi connectivity index (χ3v) is 4.86. The highest BCUT2D eigenvalue weighted by molar-refractivity contribution is 6.32. The van der Waals surface area contributed by atoms with Gasteiger partial charge >= 0.3 is 0 Å². The fourth-order valence-electron chi connectivity index (χ4n) is 3.68. The van der Waals surface area contributed by atoms with Crippen molar-refractivity contribution in [1.82, 2.24) is 0 Å². The van der Waals surface area contributed by atoms with Crippen molar-refractivity contribution in [2.24, 2.45) is 0 Å². The normalized spacial score (nSPS) is 12.8. The van der Waals surface area contributed by atoms with Crippen LogP contribution in [0, 0.1) is 0 Å². The van der Waals surface area contributed by atoms with E-state index in [2.05, 4.69) is 12.6 Å². The Kier molecular flexibility index (Phi) is 3.81. The molecule has 1 aliphatic carbocycles. The van der Waals surface area contributed by atoms with Gasteiger partial charge in [0, 0.05) is 22.3 Å². The molecule has 0 amide bonds. The predicted octanol–water partition coefficient (Wildman–Crippen LogP) is 5.12. The van der Waals surface area contributed by atoms with Crippen molar-refractivity contribution in [3.8, 4) is 0 Å². The van der Waals surface area contributed by atoms with Crippen LogP contribution in [0.2, 0.25) is 0 Å². The van der Waals surface area contributed by atoms with E-state index in [-0.39, 0.29) is 11.6 Å². The van der Waals surface area contributed by atoms with Gasteiger partial charge in [-0.3, -0.25) is 9.59 Å². The summed E-state index contributed by atoms with van der Waals surface area (Å²) in [6.45, 7) is 3.76. The Bertz CT molecular complexity index is 1030. The van der Waals surface area contributed by atoms with Gasteiger partial charge in [-0.25, -0.2) is 0 Å². The predicted molar refractivity (Wildman–Crippen MR) is 100 cm³/mol. The third kappa shape index (κ3) is 2.42. The average Bonchev–Trinajstić information content (AvgIpc) is 2.65. The lowest BCUT2D eigenvalue weighted by molar-refractivity contribution is 0.0979. The van der Waals surface area contributed by atoms with Gasteiger partial charge in [0.1, 0.15) is 0 Å². The lowest BCUT2D eigenvalue weighted by Crippen LogP contribution is -2.23. The lowest BCUT2D eigenvalue weighted by Gasteiger charge is -2.22. The molecule has 4 rings (SSSR count). The van der Waals surface area contributed by atoms with Crippen LogP contribution in [0.5, 0.6) is 0 Å². The van der Waals surface area contributed by atoms with E-state index in [0.717, 1.165) is 35.6 Å². The summed E-state index contributed by atoms with van der Waals surface area (Å²) in [5.74, 6) is -0.0865. The molecule has 0 aromatic heterocycles. The largest absolute Gasteiger partial charge is 0.289 e. The average molecular weight is 326 g/mol. The van der Waals surface area contributed by atoms with Gasteiger partial charge in [0.25, 0.3) is 0 Å². The Hall–Kier alpha value is -3.00. The standard InChI is InChI=1S/C23H18O2/c1-2-3-4-10-16-14-15-9-5-6-11-17(15)21-20(16)22(24)18-12-7-8-13-19(18)23(21)25/h2,5-9,11-14H,1,3-4,10H2. The molecule has 0 saturated heterocycles. The second-order valence-electron chi connectivity index (χ2n) is 6.39. The van der Waals surface area contributed by atoms with Crippen molar-refractivity contribution < 1.29 is 9.59 Å². The number of carbonyl (C=O) groups is 2. The minimum atomic E-state index is -0.0491. The molecule has 0 N–H and O–H groups in total. The van der Waals surface area contributed by atoms with Crippen LogP contribution in [0.4, 0.5) is 0 Å². The summed E-state index contributed by atoms with van der Waals surface area (Å²) < 4.78 is 0. The number of aryl methyl sites for hydroxylation is 1. The molecule has 0 heterocycles. The molecule has 0 radical (unpaired) electrons. The summed E-state index contributed by atoms with van der Waals surface area (Å²) in [6.07, 6.45) is 4.45. The van der Waals surface area contributed by atoms with Gasteiger partial charge in [-0.15, -0.1) is 6.58 Å². The maximum Gasteiger partial charge on any atom is 0.195 e. The summed E-state index contributed by atoms with van der Waals surface area (Å²) in [4.78, 5) is 26.4. The Labute approximate surface area is 146 Å². The topological polar surface area (TPSA) is 34.1 Å². The second kappa shape index (κ2) is 6.14. The smallest absolute Gasteiger partial charge is 0.195 e. The molecule has 3 aromatic carbocycles. The van der Waals surface area contributed by atoms with Crippen LogP contribution in [0.3, 0.4) is 0 Å². The van der Waals surface area contributed by atoms with Crippen LogP contribution < -0.4 is 0 Å². The molecule has 25 heavy (non-hydrogen) atoms. The van der Waals surface area contributed by atoms with Crippen molar-refractivity contribution in [2.75, 3.05) is 0 Å². The van der Waals surface area contributed by atoms with Gasteiger partial charge in [0.15, 0.2) is 11.6 Å². The molecule has 2 heteroatoms. The fourth-order valence-corrected chi connectivity index (χ4v) is 3.68. The van der Waals surface area contributed by atoms with Crippen molar-refractivity contribution in [1.29, 1.82) is 0 Å². The number of rotatable bonds is 4. The fraction of sp³-hybridized carbons (Fsp3) is 0.130. The van der Waals surface area contributed by atoms with Crippen molar-refractivity contribution in [2.45, 2.75) is 19.3 Å². The van der Waals surface area contributed by atoms with Crippen LogP contribution in [-0.2, 0) is 6.42 Å². The number of hydrogen-bond donors (Lipinski definition) is 0. The SMILES string of the molecule is C=CCCCc1cc2ccccc2c2c1C(=O)c1ccccc1C2=O. The number of hydrogen-bond acceptors (Lipinski definition) is 2. The Morgan fingerprint density at radius 3 is 2.20 bits per heavy atom. The molecule has 1 aliphatic rings. The van der Waals surface area contributed by atoms with Gasteiger partial charge in [-0.1, -0.05) is 60.7 Å². The molecule has 0 saturated carbocycles. The lowest BCUT2D eigenvalue weighted by atomic mass is 9.78. The van der Waals surface area contributed by atoms with Crippen LogP contribution >= 0.6 is 0 Å². The number of benzene rings is 3. The minimum absolute atomic E-state index is 0.0374. The van der Waals surface area contributed by atoms with E-state index in [4.69, 9.17) is 0 Å². The summed E-state index contributed by atoms with van der Waals surface area (Å²) >= 11 is 0. The Morgan fingerprint density at radius 1 is 0.840 bits per heavy atom. The van der Waals surface area contributed by atoms with E-state index in [0.29, 0.717) is 22.3 Å². The number of carbonyl (C=O) groups excluding carboxylic acids is 2. The molecule has 0 bridgehead atoms. The van der Waals surface area contributed by atoms with Crippen molar-refractivity contribution in [3.63, 3.8) is 0 Å². The highest BCUT2D eigenvalue weighted by Crippen LogP contribution is 2.35. The van der Waals surface area contributed by atoms with Crippen molar-refractivity contribution in [3.05, 3.63) is 95.1 Å². The summed E-state index contributed by atoms with van der Waals surface area (Å²) in [6, 6.07) is 17.0. The highest BCUT2D eigenvalue weighted by atomic mass is 16.1. The van der Waals surface area contributed by atoms with E-state index in [1.165, 1.54) is 0 Å². The van der Waals surface area contributed by atoms with Gasteiger partial charge in [0.05, 0.1) is 0 Å². The Balaban J connectivity index is 2.01. The first kappa shape index (κ1) is 15.5. The van der Waals surface area contributed by atoms with Crippen LogP contribution in [0.15, 0.2) is 67.3 Å². The van der Waals surface area contributed by atoms with E-state index in [9.17, 15) is 9.59 Å². The first-order valence-electron chi connectivity index (χ1n) is 8.56. The molecule has 0 spiro atoms. The zero-order valence-electron chi connectivity index (χ0n) is 13.9. The van der Waals surface area contributed by atoms with Crippen LogP contribution in [0.1, 0.15) is 50.2 Å². The Morgan fingerprint density at radius 2 is 1.48 bits per heavy atom. The van der Waals surface area contributed by atoms with Crippen LogP contribution in [-0.4, -0.2) is 11.6 Å². The van der Waals surface area contributed by atoms with Gasteiger partial charge in [-0.2, -0.15) is 0 Å². The number of ketones is 2. The molecular formula is C23H18O2. The van der Waals surface area contributed by atoms with E-state index in [1.807, 2.05) is 42.5 Å². The first-order valence-corrected chi connectivity index (χ1v) is 8.56. The van der Waals surface area contributed by atoms with E-state index in [1.54, 1.807) is 12.1 Å². The zero-order valence-corrected chi connectivity index (χ0v) is 13.9. The molecule has 2 nitrogen and oxygen atoms in total. The monoisotopic (exact) mass is 326 g/mol. The van der Waals surface area contributed by atoms with E-state index < -0.39 is 0 Å². The molecule has 0 fully saturated rings. The molecule has 0 atom stereocenters. The molecular weight excluding hydrogens is 308 g/mol. The summed E-state index contributed by atoms with van der Waals surface area (Å²) in [5, 5.41) is 1.87. The van der Waals surface area contributed by atoms with E-state index >= 15 is 0 Å². The van der Waals surface area contributed by atoms with Gasteiger partial charge in [-0.05, 0) is 35.6 Å². The minimum Gasteiger partial charge on any atom is -0.289 e. The first-order chi connectivity index (χ1) is 12.2. The highest BCUT2D eigenvalue weighted by Gasteiger charge is 2.32. The number of unbranched alkanes of at least 4 members (excludes halogenated alkanes) is 1. The van der Waals surface area contributed by atoms with Crippen molar-refractivity contribution >= 4 is 22.3 Å². The quantitative estimate of drug-likeness (QED) is 0.385. The summed E-state index contributed by atoms with van der Waals surface area (Å²) in [7, 11) is 0. The molecule has 3 aromatic rings. The third-order valence-electron chi connectivity index (χ3n) is 4.86. The number of allylic oxidation sites excluding steroid dienone is 1.